The Kier molecular flexibility index (Phi) is 5.55. The number of hydrogen-bond acceptors (Lipinski definition) is 6. The van der Waals surface area contributed by atoms with Crippen LogP contribution in [0.4, 0.5) is 0 Å². The average Bonchev–Trinajstić information content (AvgIpc) is 3.09. The molecule has 0 amide bonds. The van der Waals surface area contributed by atoms with E-state index < -0.39 is 0 Å². The van der Waals surface area contributed by atoms with Crippen LogP contribution in [0.2, 0.25) is 0 Å². The summed E-state index contributed by atoms with van der Waals surface area (Å²) in [6.45, 7) is 4.68. The van der Waals surface area contributed by atoms with Crippen molar-refractivity contribution < 1.29 is 9.47 Å². The lowest BCUT2D eigenvalue weighted by Gasteiger charge is -2.09. The van der Waals surface area contributed by atoms with Gasteiger partial charge in [-0.2, -0.15) is 4.68 Å². The van der Waals surface area contributed by atoms with Gasteiger partial charge < -0.3 is 9.47 Å². The Hall–Kier alpha value is -2.54. The Labute approximate surface area is 151 Å². The fourth-order valence-electron chi connectivity index (χ4n) is 2.33. The van der Waals surface area contributed by atoms with Crippen LogP contribution in [-0.2, 0) is 0 Å². The van der Waals surface area contributed by atoms with Gasteiger partial charge in [-0.25, -0.2) is 0 Å². The van der Waals surface area contributed by atoms with E-state index >= 15 is 0 Å². The predicted molar refractivity (Wildman–Crippen MR) is 97.8 cm³/mol. The Bertz CT molecular complexity index is 833. The van der Waals surface area contributed by atoms with Crippen LogP contribution >= 0.6 is 11.8 Å². The Morgan fingerprint density at radius 2 is 1.80 bits per heavy atom. The number of rotatable bonds is 7. The van der Waals surface area contributed by atoms with E-state index in [-0.39, 0.29) is 0 Å². The van der Waals surface area contributed by atoms with Crippen LogP contribution in [0.15, 0.2) is 47.6 Å². The third-order valence-electron chi connectivity index (χ3n) is 3.68. The van der Waals surface area contributed by atoms with Crippen molar-refractivity contribution in [1.29, 1.82) is 0 Å². The number of methoxy groups -OCH3 is 1. The van der Waals surface area contributed by atoms with Gasteiger partial charge in [-0.3, -0.25) is 0 Å². The number of benzene rings is 2. The molecule has 0 saturated carbocycles. The Morgan fingerprint density at radius 3 is 2.56 bits per heavy atom. The molecular formula is C18H20N4O2S. The van der Waals surface area contributed by atoms with Crippen molar-refractivity contribution in [2.75, 3.05) is 19.5 Å². The summed E-state index contributed by atoms with van der Waals surface area (Å²) in [5.41, 5.74) is 3.31. The molecule has 0 spiro atoms. The molecule has 0 saturated heterocycles. The van der Waals surface area contributed by atoms with Gasteiger partial charge in [0, 0.05) is 5.75 Å². The summed E-state index contributed by atoms with van der Waals surface area (Å²) < 4.78 is 12.6. The lowest BCUT2D eigenvalue weighted by molar-refractivity contribution is 0.342. The SMILES string of the molecule is COc1ccc(OCCSc2nnnn2-c2cc(C)ccc2C)cc1. The van der Waals surface area contributed by atoms with Gasteiger partial charge in [0.25, 0.3) is 0 Å². The van der Waals surface area contributed by atoms with E-state index in [9.17, 15) is 0 Å². The van der Waals surface area contributed by atoms with Gasteiger partial charge in [-0.15, -0.1) is 5.10 Å². The van der Waals surface area contributed by atoms with E-state index in [1.54, 1.807) is 23.6 Å². The predicted octanol–water partition coefficient (Wildman–Crippen LogP) is 3.46. The van der Waals surface area contributed by atoms with Crippen molar-refractivity contribution in [3.05, 3.63) is 53.6 Å². The second-order valence-corrected chi connectivity index (χ2v) is 6.60. The standard InChI is InChI=1S/C18H20N4O2S/c1-13-4-5-14(2)17(12-13)22-18(19-20-21-22)25-11-10-24-16-8-6-15(23-3)7-9-16/h4-9,12H,10-11H2,1-3H3. The van der Waals surface area contributed by atoms with Crippen molar-refractivity contribution >= 4 is 11.8 Å². The first-order chi connectivity index (χ1) is 12.2. The highest BCUT2D eigenvalue weighted by Crippen LogP contribution is 2.22. The van der Waals surface area contributed by atoms with Crippen LogP contribution in [0.3, 0.4) is 0 Å². The zero-order valence-electron chi connectivity index (χ0n) is 14.5. The molecule has 7 heteroatoms. The maximum atomic E-state index is 5.74. The molecule has 0 aliphatic carbocycles. The minimum Gasteiger partial charge on any atom is -0.497 e. The summed E-state index contributed by atoms with van der Waals surface area (Å²) in [6.07, 6.45) is 0. The quantitative estimate of drug-likeness (QED) is 0.477. The number of tetrazole rings is 1. The lowest BCUT2D eigenvalue weighted by atomic mass is 10.1. The normalized spacial score (nSPS) is 10.7. The van der Waals surface area contributed by atoms with Gasteiger partial charge in [0.15, 0.2) is 0 Å². The van der Waals surface area contributed by atoms with Crippen LogP contribution in [0.5, 0.6) is 11.5 Å². The summed E-state index contributed by atoms with van der Waals surface area (Å²) in [5, 5.41) is 12.8. The summed E-state index contributed by atoms with van der Waals surface area (Å²) in [6, 6.07) is 13.8. The minimum atomic E-state index is 0.566. The molecule has 1 aromatic heterocycles. The molecule has 0 aliphatic rings. The highest BCUT2D eigenvalue weighted by Gasteiger charge is 2.11. The molecule has 1 heterocycles. The molecule has 25 heavy (non-hydrogen) atoms. The first kappa shape index (κ1) is 17.3. The second-order valence-electron chi connectivity index (χ2n) is 5.54. The lowest BCUT2D eigenvalue weighted by Crippen LogP contribution is -2.04. The van der Waals surface area contributed by atoms with Crippen LogP contribution in [0.1, 0.15) is 11.1 Å². The van der Waals surface area contributed by atoms with E-state index in [2.05, 4.69) is 47.6 Å². The fraction of sp³-hybridized carbons (Fsp3) is 0.278. The topological polar surface area (TPSA) is 62.1 Å². The third kappa shape index (κ3) is 4.30. The molecule has 3 aromatic rings. The van der Waals surface area contributed by atoms with E-state index in [0.717, 1.165) is 33.7 Å². The van der Waals surface area contributed by atoms with Crippen molar-refractivity contribution in [3.63, 3.8) is 0 Å². The average molecular weight is 356 g/mol. The van der Waals surface area contributed by atoms with Crippen LogP contribution in [-0.4, -0.2) is 39.7 Å². The highest BCUT2D eigenvalue weighted by molar-refractivity contribution is 7.99. The van der Waals surface area contributed by atoms with E-state index in [0.29, 0.717) is 6.61 Å². The van der Waals surface area contributed by atoms with Gasteiger partial charge in [0.2, 0.25) is 5.16 Å². The summed E-state index contributed by atoms with van der Waals surface area (Å²) in [7, 11) is 1.65. The smallest absolute Gasteiger partial charge is 0.214 e. The van der Waals surface area contributed by atoms with Gasteiger partial charge in [0.05, 0.1) is 19.4 Å². The van der Waals surface area contributed by atoms with E-state index in [4.69, 9.17) is 9.47 Å². The summed E-state index contributed by atoms with van der Waals surface area (Å²) in [5.74, 6) is 2.38. The number of thioether (sulfide) groups is 1. The molecule has 0 aliphatic heterocycles. The van der Waals surface area contributed by atoms with Crippen LogP contribution in [0.25, 0.3) is 5.69 Å². The first-order valence-corrected chi connectivity index (χ1v) is 8.91. The van der Waals surface area contributed by atoms with Gasteiger partial charge in [-0.05, 0) is 65.7 Å². The van der Waals surface area contributed by atoms with Gasteiger partial charge in [-0.1, -0.05) is 23.9 Å². The van der Waals surface area contributed by atoms with Crippen molar-refractivity contribution in [1.82, 2.24) is 20.2 Å². The van der Waals surface area contributed by atoms with Crippen molar-refractivity contribution in [2.45, 2.75) is 19.0 Å². The first-order valence-electron chi connectivity index (χ1n) is 7.93. The fourth-order valence-corrected chi connectivity index (χ4v) is 3.03. The highest BCUT2D eigenvalue weighted by atomic mass is 32.2. The van der Waals surface area contributed by atoms with Crippen molar-refractivity contribution in [3.8, 4) is 17.2 Å². The maximum absolute atomic E-state index is 5.74. The number of aromatic nitrogens is 4. The molecule has 2 aromatic carbocycles. The van der Waals surface area contributed by atoms with Gasteiger partial charge >= 0.3 is 0 Å². The number of ether oxygens (including phenoxy) is 2. The Balaban J connectivity index is 1.59. The Morgan fingerprint density at radius 1 is 1.04 bits per heavy atom. The monoisotopic (exact) mass is 356 g/mol. The molecule has 0 N–H and O–H groups in total. The zero-order chi connectivity index (χ0) is 17.6. The molecule has 6 nitrogen and oxygen atoms in total. The second kappa shape index (κ2) is 8.02. The molecule has 3 rings (SSSR count). The zero-order valence-corrected chi connectivity index (χ0v) is 15.3. The molecular weight excluding hydrogens is 336 g/mol. The summed E-state index contributed by atoms with van der Waals surface area (Å²) in [4.78, 5) is 0. The number of nitrogens with zero attached hydrogens (tertiary/aromatic N) is 4. The summed E-state index contributed by atoms with van der Waals surface area (Å²) >= 11 is 1.57. The molecule has 0 atom stereocenters. The van der Waals surface area contributed by atoms with Crippen molar-refractivity contribution in [2.24, 2.45) is 0 Å². The third-order valence-corrected chi connectivity index (χ3v) is 4.56. The molecule has 130 valence electrons. The molecule has 0 unspecified atom stereocenters. The van der Waals surface area contributed by atoms with Crippen LogP contribution in [0, 0.1) is 13.8 Å². The number of hydrogen-bond donors (Lipinski definition) is 0. The molecule has 0 bridgehead atoms. The van der Waals surface area contributed by atoms with Crippen LogP contribution < -0.4 is 9.47 Å². The van der Waals surface area contributed by atoms with E-state index in [1.165, 1.54) is 5.56 Å². The van der Waals surface area contributed by atoms with E-state index in [1.807, 2.05) is 24.3 Å². The molecule has 0 fully saturated rings. The van der Waals surface area contributed by atoms with Gasteiger partial charge in [0.1, 0.15) is 11.5 Å². The minimum absolute atomic E-state index is 0.566. The largest absolute Gasteiger partial charge is 0.497 e. The number of aryl methyl sites for hydroxylation is 2. The maximum Gasteiger partial charge on any atom is 0.214 e. The molecule has 0 radical (unpaired) electrons.